The number of fused-ring (bicyclic) bond motifs is 1. The van der Waals surface area contributed by atoms with Crippen molar-refractivity contribution in [1.82, 2.24) is 4.98 Å². The normalized spacial score (nSPS) is 13.2. The Morgan fingerprint density at radius 3 is 3.00 bits per heavy atom. The van der Waals surface area contributed by atoms with E-state index in [0.717, 1.165) is 29.8 Å². The van der Waals surface area contributed by atoms with Crippen LogP contribution in [0.1, 0.15) is 31.6 Å². The molecule has 4 heteroatoms. The maximum atomic E-state index is 5.89. The molecular weight excluding hydrogens is 224 g/mol. The number of halogens is 1. The van der Waals surface area contributed by atoms with Crippen LogP contribution in [0.25, 0.3) is 11.1 Å². The van der Waals surface area contributed by atoms with E-state index >= 15 is 0 Å². The van der Waals surface area contributed by atoms with Crippen molar-refractivity contribution in [2.45, 2.75) is 25.7 Å². The van der Waals surface area contributed by atoms with Crippen molar-refractivity contribution < 1.29 is 4.42 Å². The second-order valence-corrected chi connectivity index (χ2v) is 4.32. The quantitative estimate of drug-likeness (QED) is 0.889. The molecule has 86 valence electrons. The lowest BCUT2D eigenvalue weighted by molar-refractivity contribution is 0.453. The van der Waals surface area contributed by atoms with E-state index in [1.807, 2.05) is 12.1 Å². The van der Waals surface area contributed by atoms with Crippen LogP contribution >= 0.6 is 11.6 Å². The van der Waals surface area contributed by atoms with Crippen LogP contribution < -0.4 is 5.73 Å². The van der Waals surface area contributed by atoms with Gasteiger partial charge in [-0.3, -0.25) is 0 Å². The van der Waals surface area contributed by atoms with E-state index in [9.17, 15) is 0 Å². The smallest absolute Gasteiger partial charge is 0.199 e. The van der Waals surface area contributed by atoms with Crippen molar-refractivity contribution in [2.75, 3.05) is 6.54 Å². The predicted octanol–water partition coefficient (Wildman–Crippen LogP) is 3.32. The third-order valence-corrected chi connectivity index (χ3v) is 2.87. The molecule has 1 atom stereocenters. The SMILES string of the molecule is CCCC(CN)c1nc2ccc(Cl)cc2o1. The fourth-order valence-corrected chi connectivity index (χ4v) is 1.94. The van der Waals surface area contributed by atoms with Crippen LogP contribution in [0.3, 0.4) is 0 Å². The molecule has 0 saturated carbocycles. The lowest BCUT2D eigenvalue weighted by Gasteiger charge is -2.07. The van der Waals surface area contributed by atoms with Gasteiger partial charge in [0.2, 0.25) is 0 Å². The minimum Gasteiger partial charge on any atom is -0.440 e. The van der Waals surface area contributed by atoms with E-state index in [2.05, 4.69) is 11.9 Å². The highest BCUT2D eigenvalue weighted by atomic mass is 35.5. The van der Waals surface area contributed by atoms with E-state index in [1.165, 1.54) is 0 Å². The van der Waals surface area contributed by atoms with Crippen molar-refractivity contribution in [3.63, 3.8) is 0 Å². The molecule has 1 heterocycles. The summed E-state index contributed by atoms with van der Waals surface area (Å²) in [5.74, 6) is 0.929. The average Bonchev–Trinajstić information content (AvgIpc) is 2.68. The fourth-order valence-electron chi connectivity index (χ4n) is 1.78. The predicted molar refractivity (Wildman–Crippen MR) is 65.7 cm³/mol. The molecule has 0 aliphatic carbocycles. The van der Waals surface area contributed by atoms with Crippen LogP contribution in [0, 0.1) is 0 Å². The third-order valence-electron chi connectivity index (χ3n) is 2.64. The molecule has 0 aliphatic heterocycles. The van der Waals surface area contributed by atoms with Crippen molar-refractivity contribution in [3.05, 3.63) is 29.1 Å². The Labute approximate surface area is 99.6 Å². The fraction of sp³-hybridized carbons (Fsp3) is 0.417. The van der Waals surface area contributed by atoms with Crippen LogP contribution in [0.5, 0.6) is 0 Å². The highest BCUT2D eigenvalue weighted by molar-refractivity contribution is 6.31. The first-order valence-corrected chi connectivity index (χ1v) is 5.88. The molecule has 0 fully saturated rings. The summed E-state index contributed by atoms with van der Waals surface area (Å²) in [5.41, 5.74) is 7.29. The zero-order chi connectivity index (χ0) is 11.5. The maximum Gasteiger partial charge on any atom is 0.199 e. The van der Waals surface area contributed by atoms with E-state index in [0.29, 0.717) is 11.6 Å². The van der Waals surface area contributed by atoms with Gasteiger partial charge in [-0.1, -0.05) is 24.9 Å². The second kappa shape index (κ2) is 4.85. The highest BCUT2D eigenvalue weighted by Gasteiger charge is 2.15. The largest absolute Gasteiger partial charge is 0.440 e. The first-order chi connectivity index (χ1) is 7.74. The second-order valence-electron chi connectivity index (χ2n) is 3.89. The van der Waals surface area contributed by atoms with Gasteiger partial charge in [0.15, 0.2) is 11.5 Å². The van der Waals surface area contributed by atoms with Gasteiger partial charge in [0.25, 0.3) is 0 Å². The van der Waals surface area contributed by atoms with Gasteiger partial charge in [-0.2, -0.15) is 0 Å². The van der Waals surface area contributed by atoms with Crippen LogP contribution in [0.4, 0.5) is 0 Å². The topological polar surface area (TPSA) is 52.0 Å². The summed E-state index contributed by atoms with van der Waals surface area (Å²) in [5, 5.41) is 0.662. The Balaban J connectivity index is 2.37. The minimum absolute atomic E-state index is 0.205. The van der Waals surface area contributed by atoms with Crippen LogP contribution in [-0.2, 0) is 0 Å². The summed E-state index contributed by atoms with van der Waals surface area (Å²) in [4.78, 5) is 4.44. The summed E-state index contributed by atoms with van der Waals surface area (Å²) in [7, 11) is 0. The molecule has 0 saturated heterocycles. The molecule has 2 aromatic rings. The van der Waals surface area contributed by atoms with E-state index < -0.39 is 0 Å². The Bertz CT molecular complexity index is 481. The molecule has 0 amide bonds. The molecule has 0 aliphatic rings. The van der Waals surface area contributed by atoms with E-state index in [1.54, 1.807) is 6.07 Å². The summed E-state index contributed by atoms with van der Waals surface area (Å²) < 4.78 is 5.68. The Kier molecular flexibility index (Phi) is 3.46. The zero-order valence-corrected chi connectivity index (χ0v) is 10.00. The Hall–Kier alpha value is -1.06. The molecule has 0 bridgehead atoms. The van der Waals surface area contributed by atoms with Gasteiger partial charge in [0, 0.05) is 23.6 Å². The molecule has 2 N–H and O–H groups in total. The minimum atomic E-state index is 0.205. The molecule has 1 aromatic heterocycles. The molecule has 0 spiro atoms. The maximum absolute atomic E-state index is 5.89. The van der Waals surface area contributed by atoms with Crippen LogP contribution in [0.2, 0.25) is 5.02 Å². The summed E-state index contributed by atoms with van der Waals surface area (Å²) >= 11 is 5.89. The van der Waals surface area contributed by atoms with E-state index in [-0.39, 0.29) is 5.92 Å². The number of oxazole rings is 1. The third kappa shape index (κ3) is 2.20. The van der Waals surface area contributed by atoms with Gasteiger partial charge in [-0.05, 0) is 18.6 Å². The molecular formula is C12H15ClN2O. The van der Waals surface area contributed by atoms with Crippen LogP contribution in [-0.4, -0.2) is 11.5 Å². The molecule has 16 heavy (non-hydrogen) atoms. The Morgan fingerprint density at radius 2 is 2.31 bits per heavy atom. The summed E-state index contributed by atoms with van der Waals surface area (Å²) in [6.45, 7) is 2.69. The monoisotopic (exact) mass is 238 g/mol. The van der Waals surface area contributed by atoms with Crippen molar-refractivity contribution in [3.8, 4) is 0 Å². The first-order valence-electron chi connectivity index (χ1n) is 5.50. The van der Waals surface area contributed by atoms with Crippen LogP contribution in [0.15, 0.2) is 22.6 Å². The van der Waals surface area contributed by atoms with Gasteiger partial charge < -0.3 is 10.2 Å². The molecule has 1 aromatic carbocycles. The summed E-state index contributed by atoms with van der Waals surface area (Å²) in [6.07, 6.45) is 2.07. The van der Waals surface area contributed by atoms with E-state index in [4.69, 9.17) is 21.8 Å². The molecule has 1 unspecified atom stereocenters. The zero-order valence-electron chi connectivity index (χ0n) is 9.24. The lowest BCUT2D eigenvalue weighted by atomic mass is 10.0. The van der Waals surface area contributed by atoms with Gasteiger partial charge in [-0.15, -0.1) is 0 Å². The molecule has 3 nitrogen and oxygen atoms in total. The molecule has 0 radical (unpaired) electrons. The first kappa shape index (κ1) is 11.4. The number of aromatic nitrogens is 1. The van der Waals surface area contributed by atoms with Crippen molar-refractivity contribution in [2.24, 2.45) is 5.73 Å². The number of nitrogens with two attached hydrogens (primary N) is 1. The van der Waals surface area contributed by atoms with Gasteiger partial charge in [-0.25, -0.2) is 4.98 Å². The van der Waals surface area contributed by atoms with Crippen molar-refractivity contribution >= 4 is 22.7 Å². The Morgan fingerprint density at radius 1 is 1.50 bits per heavy atom. The lowest BCUT2D eigenvalue weighted by Crippen LogP contribution is -2.12. The van der Waals surface area contributed by atoms with Gasteiger partial charge >= 0.3 is 0 Å². The van der Waals surface area contributed by atoms with Gasteiger partial charge in [0.1, 0.15) is 5.52 Å². The average molecular weight is 239 g/mol. The number of benzene rings is 1. The highest BCUT2D eigenvalue weighted by Crippen LogP contribution is 2.25. The standard InChI is InChI=1S/C12H15ClN2O/c1-2-3-8(7-14)12-15-10-5-4-9(13)6-11(10)16-12/h4-6,8H,2-3,7,14H2,1H3. The number of hydrogen-bond donors (Lipinski definition) is 1. The molecule has 2 rings (SSSR count). The number of nitrogens with zero attached hydrogens (tertiary/aromatic N) is 1. The number of hydrogen-bond acceptors (Lipinski definition) is 3. The summed E-state index contributed by atoms with van der Waals surface area (Å²) in [6, 6.07) is 5.46. The number of rotatable bonds is 4. The van der Waals surface area contributed by atoms with Gasteiger partial charge in [0.05, 0.1) is 0 Å². The van der Waals surface area contributed by atoms with Crippen molar-refractivity contribution in [1.29, 1.82) is 0 Å².